The van der Waals surface area contributed by atoms with Crippen LogP contribution >= 0.6 is 0 Å². The zero-order chi connectivity index (χ0) is 20.1. The number of carbonyl (C=O) groups excluding carboxylic acids is 1. The van der Waals surface area contributed by atoms with Gasteiger partial charge in [0.15, 0.2) is 5.69 Å². The van der Waals surface area contributed by atoms with Crippen molar-refractivity contribution < 1.29 is 18.4 Å². The zero-order valence-corrected chi connectivity index (χ0v) is 16.2. The minimum atomic E-state index is -0.388. The highest BCUT2D eigenvalue weighted by Crippen LogP contribution is 2.21. The van der Waals surface area contributed by atoms with Gasteiger partial charge in [0.2, 0.25) is 0 Å². The highest BCUT2D eigenvalue weighted by Gasteiger charge is 2.23. The summed E-state index contributed by atoms with van der Waals surface area (Å²) in [5, 5.41) is 6.90. The Morgan fingerprint density at radius 3 is 2.64 bits per heavy atom. The van der Waals surface area contributed by atoms with Crippen LogP contribution in [0, 0.1) is 19.7 Å². The molecule has 0 bridgehead atoms. The van der Waals surface area contributed by atoms with Gasteiger partial charge in [0.25, 0.3) is 5.91 Å². The SMILES string of the molecule is CCC(NC(=O)c1noc(C)c1COc1cccc(F)c1)c1ccc(C)cc1. The standard InChI is InChI=1S/C22H23FN2O3/c1-4-20(16-10-8-14(2)9-11-16)24-22(26)21-19(15(3)28-25-21)13-27-18-7-5-6-17(23)12-18/h5-12,20H,4,13H2,1-3H3,(H,24,26). The summed E-state index contributed by atoms with van der Waals surface area (Å²) in [5.41, 5.74) is 2.91. The van der Waals surface area contributed by atoms with Gasteiger partial charge in [-0.3, -0.25) is 4.79 Å². The van der Waals surface area contributed by atoms with Crippen LogP contribution in [-0.2, 0) is 6.61 Å². The monoisotopic (exact) mass is 382 g/mol. The highest BCUT2D eigenvalue weighted by molar-refractivity contribution is 5.94. The molecule has 28 heavy (non-hydrogen) atoms. The van der Waals surface area contributed by atoms with Crippen LogP contribution in [0.4, 0.5) is 4.39 Å². The van der Waals surface area contributed by atoms with Crippen LogP contribution in [0.25, 0.3) is 0 Å². The molecule has 0 aliphatic heterocycles. The van der Waals surface area contributed by atoms with Gasteiger partial charge in [-0.25, -0.2) is 4.39 Å². The highest BCUT2D eigenvalue weighted by atomic mass is 19.1. The number of nitrogens with one attached hydrogen (secondary N) is 1. The van der Waals surface area contributed by atoms with Crippen LogP contribution in [0.15, 0.2) is 53.1 Å². The molecule has 2 aromatic carbocycles. The molecule has 0 aliphatic carbocycles. The minimum Gasteiger partial charge on any atom is -0.489 e. The van der Waals surface area contributed by atoms with Crippen molar-refractivity contribution in [1.82, 2.24) is 10.5 Å². The quantitative estimate of drug-likeness (QED) is 0.632. The van der Waals surface area contributed by atoms with Crippen LogP contribution in [0.1, 0.15) is 52.3 Å². The Morgan fingerprint density at radius 2 is 1.96 bits per heavy atom. The molecule has 6 heteroatoms. The molecule has 3 aromatic rings. The lowest BCUT2D eigenvalue weighted by Gasteiger charge is -2.17. The van der Waals surface area contributed by atoms with Gasteiger partial charge in [-0.2, -0.15) is 0 Å². The van der Waals surface area contributed by atoms with E-state index in [1.54, 1.807) is 19.1 Å². The molecule has 1 aromatic heterocycles. The van der Waals surface area contributed by atoms with Gasteiger partial charge >= 0.3 is 0 Å². The van der Waals surface area contributed by atoms with Crippen molar-refractivity contribution in [3.63, 3.8) is 0 Å². The molecule has 1 unspecified atom stereocenters. The second-order valence-corrected chi connectivity index (χ2v) is 6.66. The van der Waals surface area contributed by atoms with E-state index in [9.17, 15) is 9.18 Å². The normalized spacial score (nSPS) is 11.9. The molecule has 1 atom stereocenters. The number of ether oxygens (including phenoxy) is 1. The number of hydrogen-bond acceptors (Lipinski definition) is 4. The summed E-state index contributed by atoms with van der Waals surface area (Å²) in [7, 11) is 0. The summed E-state index contributed by atoms with van der Waals surface area (Å²) in [6.07, 6.45) is 0.737. The molecule has 0 radical (unpaired) electrons. The molecule has 0 saturated heterocycles. The van der Waals surface area contributed by atoms with Crippen molar-refractivity contribution in [3.8, 4) is 5.75 Å². The predicted molar refractivity (Wildman–Crippen MR) is 104 cm³/mol. The maximum Gasteiger partial charge on any atom is 0.274 e. The van der Waals surface area contributed by atoms with E-state index in [1.807, 2.05) is 38.1 Å². The lowest BCUT2D eigenvalue weighted by Crippen LogP contribution is -2.29. The number of nitrogens with zero attached hydrogens (tertiary/aromatic N) is 1. The van der Waals surface area contributed by atoms with Crippen LogP contribution in [0.2, 0.25) is 0 Å². The molecule has 0 spiro atoms. The zero-order valence-electron chi connectivity index (χ0n) is 16.2. The third kappa shape index (κ3) is 4.57. The van der Waals surface area contributed by atoms with Gasteiger partial charge in [-0.15, -0.1) is 0 Å². The third-order valence-corrected chi connectivity index (χ3v) is 4.57. The Bertz CT molecular complexity index is 951. The largest absolute Gasteiger partial charge is 0.489 e. The average molecular weight is 382 g/mol. The molecule has 146 valence electrons. The van der Waals surface area contributed by atoms with E-state index >= 15 is 0 Å². The Hall–Kier alpha value is -3.15. The second kappa shape index (κ2) is 8.69. The van der Waals surface area contributed by atoms with Gasteiger partial charge in [0.05, 0.1) is 11.6 Å². The minimum absolute atomic E-state index is 0.0584. The smallest absolute Gasteiger partial charge is 0.274 e. The third-order valence-electron chi connectivity index (χ3n) is 4.57. The summed E-state index contributed by atoms with van der Waals surface area (Å²) in [6.45, 7) is 5.80. The first-order valence-electron chi connectivity index (χ1n) is 9.19. The van der Waals surface area contributed by atoms with Gasteiger partial charge in [0.1, 0.15) is 23.9 Å². The fourth-order valence-electron chi connectivity index (χ4n) is 2.90. The molecular weight excluding hydrogens is 359 g/mol. The predicted octanol–water partition coefficient (Wildman–Crippen LogP) is 4.89. The van der Waals surface area contributed by atoms with E-state index in [1.165, 1.54) is 12.1 Å². The lowest BCUT2D eigenvalue weighted by atomic mass is 10.0. The van der Waals surface area contributed by atoms with Crippen molar-refractivity contribution in [2.75, 3.05) is 0 Å². The Kier molecular flexibility index (Phi) is 6.09. The van der Waals surface area contributed by atoms with Gasteiger partial charge < -0.3 is 14.6 Å². The van der Waals surface area contributed by atoms with Crippen molar-refractivity contribution in [2.45, 2.75) is 39.8 Å². The molecule has 0 saturated carbocycles. The van der Waals surface area contributed by atoms with E-state index < -0.39 is 0 Å². The number of hydrogen-bond donors (Lipinski definition) is 1. The van der Waals surface area contributed by atoms with Gasteiger partial charge in [-0.05, 0) is 38.0 Å². The molecule has 0 aliphatic rings. The van der Waals surface area contributed by atoms with Crippen LogP contribution < -0.4 is 10.1 Å². The number of amides is 1. The molecule has 1 amide bonds. The summed E-state index contributed by atoms with van der Waals surface area (Å²) in [4.78, 5) is 12.8. The molecular formula is C22H23FN2O3. The molecule has 0 fully saturated rings. The van der Waals surface area contributed by atoms with E-state index in [0.29, 0.717) is 17.1 Å². The maximum absolute atomic E-state index is 13.3. The number of rotatable bonds is 7. The number of aromatic nitrogens is 1. The second-order valence-electron chi connectivity index (χ2n) is 6.66. The van der Waals surface area contributed by atoms with Crippen LogP contribution in [0.3, 0.4) is 0 Å². The van der Waals surface area contributed by atoms with E-state index in [-0.39, 0.29) is 30.1 Å². The first-order valence-corrected chi connectivity index (χ1v) is 9.19. The molecule has 1 heterocycles. The fourth-order valence-corrected chi connectivity index (χ4v) is 2.90. The van der Waals surface area contributed by atoms with Crippen LogP contribution in [0.5, 0.6) is 5.75 Å². The Balaban J connectivity index is 1.74. The first-order chi connectivity index (χ1) is 13.5. The van der Waals surface area contributed by atoms with Crippen LogP contribution in [-0.4, -0.2) is 11.1 Å². The van der Waals surface area contributed by atoms with Crippen molar-refractivity contribution in [2.24, 2.45) is 0 Å². The summed E-state index contributed by atoms with van der Waals surface area (Å²) >= 11 is 0. The first kappa shape index (κ1) is 19.6. The van der Waals surface area contributed by atoms with E-state index in [4.69, 9.17) is 9.26 Å². The average Bonchev–Trinajstić information content (AvgIpc) is 3.06. The van der Waals surface area contributed by atoms with Crippen molar-refractivity contribution >= 4 is 5.91 Å². The molecule has 1 N–H and O–H groups in total. The van der Waals surface area contributed by atoms with E-state index in [0.717, 1.165) is 17.5 Å². The molecule has 3 rings (SSSR count). The topological polar surface area (TPSA) is 64.4 Å². The number of halogens is 1. The fraction of sp³-hybridized carbons (Fsp3) is 0.273. The number of aryl methyl sites for hydroxylation is 2. The lowest BCUT2D eigenvalue weighted by molar-refractivity contribution is 0.0924. The van der Waals surface area contributed by atoms with Crippen molar-refractivity contribution in [1.29, 1.82) is 0 Å². The van der Waals surface area contributed by atoms with Gasteiger partial charge in [-0.1, -0.05) is 48.0 Å². The number of benzene rings is 2. The van der Waals surface area contributed by atoms with Gasteiger partial charge in [0, 0.05) is 6.07 Å². The molecule has 5 nitrogen and oxygen atoms in total. The maximum atomic E-state index is 13.3. The number of carbonyl (C=O) groups is 1. The summed E-state index contributed by atoms with van der Waals surface area (Å²) in [6, 6.07) is 13.7. The van der Waals surface area contributed by atoms with Crippen molar-refractivity contribution in [3.05, 3.63) is 82.5 Å². The summed E-state index contributed by atoms with van der Waals surface area (Å²) in [5.74, 6) is 0.145. The Morgan fingerprint density at radius 1 is 1.21 bits per heavy atom. The van der Waals surface area contributed by atoms with E-state index in [2.05, 4.69) is 10.5 Å². The Labute approximate surface area is 163 Å². The summed E-state index contributed by atoms with van der Waals surface area (Å²) < 4.78 is 24.1.